The molecule has 5 nitrogen and oxygen atoms in total. The number of aliphatic hydroxyl groups is 1. The highest BCUT2D eigenvalue weighted by Gasteiger charge is 2.33. The fourth-order valence-corrected chi connectivity index (χ4v) is 3.57. The summed E-state index contributed by atoms with van der Waals surface area (Å²) in [4.78, 5) is 12.6. The summed E-state index contributed by atoms with van der Waals surface area (Å²) in [5.74, 6) is 0.495. The summed E-state index contributed by atoms with van der Waals surface area (Å²) < 4.78 is 5.83. The molecule has 2 atom stereocenters. The van der Waals surface area contributed by atoms with Gasteiger partial charge in [0.15, 0.2) is 0 Å². The van der Waals surface area contributed by atoms with Gasteiger partial charge < -0.3 is 20.5 Å². The van der Waals surface area contributed by atoms with Gasteiger partial charge in [0.2, 0.25) is 0 Å². The third-order valence-corrected chi connectivity index (χ3v) is 5.04. The number of benzene rings is 3. The van der Waals surface area contributed by atoms with Crippen LogP contribution in [0.15, 0.2) is 60.7 Å². The van der Waals surface area contributed by atoms with E-state index in [-0.39, 0.29) is 24.6 Å². The van der Waals surface area contributed by atoms with Crippen molar-refractivity contribution in [2.75, 3.05) is 18.5 Å². The smallest absolute Gasteiger partial charge is 0.319 e. The number of fused-ring (bicyclic) bond motifs is 3. The third-order valence-electron chi connectivity index (χ3n) is 4.79. The molecular formula is C21H19ClN2O3. The SMILES string of the molecule is O=C(Nc1ccc(Cl)cc1)N[C@H]1c2c(ccc3ccccc23)OC[C@H]1CO. The van der Waals surface area contributed by atoms with Gasteiger partial charge in [-0.15, -0.1) is 0 Å². The summed E-state index contributed by atoms with van der Waals surface area (Å²) in [6, 6.07) is 18.0. The zero-order valence-electron chi connectivity index (χ0n) is 14.5. The maximum Gasteiger partial charge on any atom is 0.319 e. The molecule has 0 radical (unpaired) electrons. The predicted molar refractivity (Wildman–Crippen MR) is 106 cm³/mol. The van der Waals surface area contributed by atoms with Crippen molar-refractivity contribution in [3.05, 3.63) is 71.2 Å². The molecule has 0 aromatic heterocycles. The van der Waals surface area contributed by atoms with Crippen molar-refractivity contribution in [1.82, 2.24) is 5.32 Å². The average Bonchev–Trinajstić information content (AvgIpc) is 2.69. The number of halogens is 1. The van der Waals surface area contributed by atoms with E-state index in [0.29, 0.717) is 17.3 Å². The molecule has 27 heavy (non-hydrogen) atoms. The van der Waals surface area contributed by atoms with E-state index < -0.39 is 0 Å². The van der Waals surface area contributed by atoms with Crippen molar-refractivity contribution in [2.45, 2.75) is 6.04 Å². The Balaban J connectivity index is 1.65. The maximum absolute atomic E-state index is 12.6. The average molecular weight is 383 g/mol. The Morgan fingerprint density at radius 2 is 1.89 bits per heavy atom. The summed E-state index contributed by atoms with van der Waals surface area (Å²) in [5.41, 5.74) is 1.53. The molecule has 3 N–H and O–H groups in total. The molecule has 0 unspecified atom stereocenters. The molecule has 138 valence electrons. The molecule has 6 heteroatoms. The monoisotopic (exact) mass is 382 g/mol. The molecule has 0 bridgehead atoms. The lowest BCUT2D eigenvalue weighted by molar-refractivity contribution is 0.115. The number of aliphatic hydroxyl groups excluding tert-OH is 1. The first-order chi connectivity index (χ1) is 13.2. The molecule has 1 heterocycles. The zero-order chi connectivity index (χ0) is 18.8. The lowest BCUT2D eigenvalue weighted by atomic mass is 9.87. The number of rotatable bonds is 3. The van der Waals surface area contributed by atoms with E-state index in [1.54, 1.807) is 24.3 Å². The molecule has 2 amide bonds. The largest absolute Gasteiger partial charge is 0.493 e. The molecule has 4 rings (SSSR count). The fourth-order valence-electron chi connectivity index (χ4n) is 3.44. The Morgan fingerprint density at radius 3 is 2.67 bits per heavy atom. The number of carbonyl (C=O) groups excluding carboxylic acids is 1. The first-order valence-corrected chi connectivity index (χ1v) is 9.12. The lowest BCUT2D eigenvalue weighted by Gasteiger charge is -2.34. The van der Waals surface area contributed by atoms with Crippen LogP contribution in [0.2, 0.25) is 5.02 Å². The van der Waals surface area contributed by atoms with Gasteiger partial charge in [0.05, 0.1) is 19.3 Å². The molecule has 0 aliphatic carbocycles. The predicted octanol–water partition coefficient (Wildman–Crippen LogP) is 4.36. The van der Waals surface area contributed by atoms with Crippen LogP contribution >= 0.6 is 11.6 Å². The van der Waals surface area contributed by atoms with Crippen LogP contribution in [-0.4, -0.2) is 24.4 Å². The fraction of sp³-hybridized carbons (Fsp3) is 0.190. The quantitative estimate of drug-likeness (QED) is 0.630. The van der Waals surface area contributed by atoms with Crippen molar-refractivity contribution >= 4 is 34.1 Å². The molecule has 1 aliphatic heterocycles. The molecular weight excluding hydrogens is 364 g/mol. The molecule has 0 spiro atoms. The van der Waals surface area contributed by atoms with Gasteiger partial charge in [-0.2, -0.15) is 0 Å². The van der Waals surface area contributed by atoms with Gasteiger partial charge in [-0.1, -0.05) is 41.9 Å². The highest BCUT2D eigenvalue weighted by Crippen LogP contribution is 2.40. The van der Waals surface area contributed by atoms with Gasteiger partial charge in [-0.3, -0.25) is 0 Å². The maximum atomic E-state index is 12.6. The Labute approximate surface area is 161 Å². The van der Waals surface area contributed by atoms with Crippen LogP contribution in [0.3, 0.4) is 0 Å². The van der Waals surface area contributed by atoms with Gasteiger partial charge in [-0.25, -0.2) is 4.79 Å². The minimum absolute atomic E-state index is 0.0887. The van der Waals surface area contributed by atoms with Crippen LogP contribution in [0.5, 0.6) is 5.75 Å². The number of hydrogen-bond donors (Lipinski definition) is 3. The zero-order valence-corrected chi connectivity index (χ0v) is 15.2. The normalized spacial score (nSPS) is 18.4. The van der Waals surface area contributed by atoms with Crippen LogP contribution < -0.4 is 15.4 Å². The van der Waals surface area contributed by atoms with Gasteiger partial charge in [0.1, 0.15) is 5.75 Å². The van der Waals surface area contributed by atoms with Crippen molar-refractivity contribution in [3.63, 3.8) is 0 Å². The Hall–Kier alpha value is -2.76. The lowest BCUT2D eigenvalue weighted by Crippen LogP contribution is -2.42. The highest BCUT2D eigenvalue weighted by atomic mass is 35.5. The van der Waals surface area contributed by atoms with E-state index >= 15 is 0 Å². The second-order valence-electron chi connectivity index (χ2n) is 6.54. The molecule has 0 fully saturated rings. The molecule has 0 saturated carbocycles. The number of ether oxygens (including phenoxy) is 1. The van der Waals surface area contributed by atoms with Gasteiger partial charge in [0.25, 0.3) is 0 Å². The van der Waals surface area contributed by atoms with E-state index in [1.807, 2.05) is 36.4 Å². The number of urea groups is 1. The highest BCUT2D eigenvalue weighted by molar-refractivity contribution is 6.30. The van der Waals surface area contributed by atoms with Crippen molar-refractivity contribution in [1.29, 1.82) is 0 Å². The Bertz CT molecular complexity index is 975. The molecule has 3 aromatic carbocycles. The van der Waals surface area contributed by atoms with E-state index in [0.717, 1.165) is 22.1 Å². The van der Waals surface area contributed by atoms with Crippen molar-refractivity contribution in [3.8, 4) is 5.75 Å². The number of amides is 2. The van der Waals surface area contributed by atoms with Crippen LogP contribution in [0.4, 0.5) is 10.5 Å². The van der Waals surface area contributed by atoms with Gasteiger partial charge in [-0.05, 0) is 41.1 Å². The third kappa shape index (κ3) is 3.56. The van der Waals surface area contributed by atoms with Crippen LogP contribution in [0.1, 0.15) is 11.6 Å². The summed E-state index contributed by atoms with van der Waals surface area (Å²) >= 11 is 5.88. The van der Waals surface area contributed by atoms with Crippen LogP contribution in [0, 0.1) is 5.92 Å². The topological polar surface area (TPSA) is 70.6 Å². The standard InChI is InChI=1S/C21H19ClN2O3/c22-15-6-8-16(9-7-15)23-21(26)24-20-14(11-25)12-27-18-10-5-13-3-1-2-4-17(13)19(18)20/h1-10,14,20,25H,11-12H2,(H2,23,24,26)/t14-,20-/m1/s1. The molecule has 0 saturated heterocycles. The summed E-state index contributed by atoms with van der Waals surface area (Å²) in [5, 5.41) is 18.3. The minimum Gasteiger partial charge on any atom is -0.493 e. The minimum atomic E-state index is -0.364. The number of hydrogen-bond acceptors (Lipinski definition) is 3. The molecule has 1 aliphatic rings. The molecule has 3 aromatic rings. The van der Waals surface area contributed by atoms with Crippen molar-refractivity contribution in [2.24, 2.45) is 5.92 Å². The van der Waals surface area contributed by atoms with E-state index in [1.165, 1.54) is 0 Å². The number of nitrogens with one attached hydrogen (secondary N) is 2. The second-order valence-corrected chi connectivity index (χ2v) is 6.97. The summed E-state index contributed by atoms with van der Waals surface area (Å²) in [6.07, 6.45) is 0. The van der Waals surface area contributed by atoms with Gasteiger partial charge in [0, 0.05) is 22.2 Å². The summed E-state index contributed by atoms with van der Waals surface area (Å²) in [6.45, 7) is 0.252. The Morgan fingerprint density at radius 1 is 1.11 bits per heavy atom. The van der Waals surface area contributed by atoms with Crippen LogP contribution in [-0.2, 0) is 0 Å². The summed E-state index contributed by atoms with van der Waals surface area (Å²) in [7, 11) is 0. The second kappa shape index (κ2) is 7.47. The van der Waals surface area contributed by atoms with Crippen LogP contribution in [0.25, 0.3) is 10.8 Å². The van der Waals surface area contributed by atoms with Gasteiger partial charge >= 0.3 is 6.03 Å². The number of anilines is 1. The number of carbonyl (C=O) groups is 1. The van der Waals surface area contributed by atoms with Crippen molar-refractivity contribution < 1.29 is 14.6 Å². The van der Waals surface area contributed by atoms with E-state index in [9.17, 15) is 9.90 Å². The van der Waals surface area contributed by atoms with E-state index in [4.69, 9.17) is 16.3 Å². The first kappa shape index (κ1) is 17.6. The Kier molecular flexibility index (Phi) is 4.88. The first-order valence-electron chi connectivity index (χ1n) is 8.74. The van der Waals surface area contributed by atoms with E-state index in [2.05, 4.69) is 10.6 Å².